The number of amides is 1. The molecule has 0 bridgehead atoms. The van der Waals surface area contributed by atoms with Crippen molar-refractivity contribution in [2.75, 3.05) is 33.3 Å². The van der Waals surface area contributed by atoms with Crippen LogP contribution in [0.1, 0.15) is 18.4 Å². The molecule has 2 atom stereocenters. The maximum Gasteiger partial charge on any atom is 0.306 e. The minimum atomic E-state index is -0.317. The summed E-state index contributed by atoms with van der Waals surface area (Å²) in [5, 5.41) is 0. The van der Waals surface area contributed by atoms with Gasteiger partial charge in [0.1, 0.15) is 0 Å². The molecule has 0 unspecified atom stereocenters. The molecule has 0 N–H and O–H groups in total. The molecule has 2 saturated heterocycles. The highest BCUT2D eigenvalue weighted by molar-refractivity contribution is 5.81. The van der Waals surface area contributed by atoms with Crippen molar-refractivity contribution >= 4 is 11.9 Å². The quantitative estimate of drug-likeness (QED) is 0.709. The zero-order chi connectivity index (χ0) is 20.2. The highest BCUT2D eigenvalue weighted by atomic mass is 16.5. The van der Waals surface area contributed by atoms with Gasteiger partial charge in [-0.15, -0.1) is 0 Å². The third-order valence-electron chi connectivity index (χ3n) is 6.15. The number of esters is 1. The summed E-state index contributed by atoms with van der Waals surface area (Å²) in [6.45, 7) is 4.65. The fourth-order valence-electron chi connectivity index (χ4n) is 4.58. The Morgan fingerprint density at radius 3 is 2.10 bits per heavy atom. The van der Waals surface area contributed by atoms with Crippen molar-refractivity contribution in [2.24, 2.45) is 11.8 Å². The second kappa shape index (κ2) is 8.78. The Labute approximate surface area is 172 Å². The minimum absolute atomic E-state index is 0.0767. The van der Waals surface area contributed by atoms with Crippen LogP contribution in [0.25, 0.3) is 11.1 Å². The fraction of sp³-hybridized carbons (Fsp3) is 0.417. The average Bonchev–Trinajstić information content (AvgIpc) is 3.31. The second-order valence-electron chi connectivity index (χ2n) is 8.15. The summed E-state index contributed by atoms with van der Waals surface area (Å²) >= 11 is 0. The second-order valence-corrected chi connectivity index (χ2v) is 8.15. The smallest absolute Gasteiger partial charge is 0.306 e. The number of benzene rings is 2. The normalized spacial score (nSPS) is 21.2. The van der Waals surface area contributed by atoms with Gasteiger partial charge in [0.2, 0.25) is 5.91 Å². The molecule has 2 aliphatic heterocycles. The molecule has 2 heterocycles. The van der Waals surface area contributed by atoms with Gasteiger partial charge in [-0.3, -0.25) is 14.5 Å². The summed E-state index contributed by atoms with van der Waals surface area (Å²) in [4.78, 5) is 28.0. The first-order chi connectivity index (χ1) is 14.1. The minimum Gasteiger partial charge on any atom is -0.469 e. The number of nitrogens with zero attached hydrogens (tertiary/aromatic N) is 2. The van der Waals surface area contributed by atoms with Gasteiger partial charge in [-0.25, -0.2) is 0 Å². The Balaban J connectivity index is 1.27. The molecule has 0 radical (unpaired) electrons. The van der Waals surface area contributed by atoms with Gasteiger partial charge in [0.05, 0.1) is 13.5 Å². The molecular weight excluding hydrogens is 364 g/mol. The topological polar surface area (TPSA) is 49.9 Å². The molecule has 2 aromatic carbocycles. The standard InChI is InChI=1S/C24H28N2O3/c1-29-24(28)12-11-23(27)26-16-21-14-25(15-22(21)17-26)13-18-7-9-20(10-8-18)19-5-3-2-4-6-19/h2-10,21-22H,11-17H2,1H3/t21-,22+. The number of ether oxygens (including phenoxy) is 1. The molecule has 0 spiro atoms. The third-order valence-corrected chi connectivity index (χ3v) is 6.15. The number of likely N-dealkylation sites (tertiary alicyclic amines) is 2. The van der Waals surface area contributed by atoms with Gasteiger partial charge in [-0.05, 0) is 28.5 Å². The van der Waals surface area contributed by atoms with Crippen molar-refractivity contribution < 1.29 is 14.3 Å². The molecule has 2 fully saturated rings. The molecule has 152 valence electrons. The largest absolute Gasteiger partial charge is 0.469 e. The van der Waals surface area contributed by atoms with E-state index in [1.165, 1.54) is 23.8 Å². The van der Waals surface area contributed by atoms with Crippen LogP contribution in [0.4, 0.5) is 0 Å². The molecule has 0 aromatic heterocycles. The number of fused-ring (bicyclic) bond motifs is 1. The molecular formula is C24H28N2O3. The Bertz CT molecular complexity index is 836. The van der Waals surface area contributed by atoms with Crippen LogP contribution in [0, 0.1) is 11.8 Å². The molecule has 2 aliphatic rings. The first-order valence-corrected chi connectivity index (χ1v) is 10.3. The Morgan fingerprint density at radius 2 is 1.48 bits per heavy atom. The number of hydrogen-bond acceptors (Lipinski definition) is 4. The van der Waals surface area contributed by atoms with Gasteiger partial charge < -0.3 is 9.64 Å². The SMILES string of the molecule is COC(=O)CCC(=O)N1C[C@H]2CN(Cc3ccc(-c4ccccc4)cc3)C[C@H]2C1. The van der Waals surface area contributed by atoms with Crippen LogP contribution in [-0.2, 0) is 20.9 Å². The summed E-state index contributed by atoms with van der Waals surface area (Å²) in [5.74, 6) is 0.844. The maximum absolute atomic E-state index is 12.3. The van der Waals surface area contributed by atoms with Crippen LogP contribution in [-0.4, -0.2) is 55.0 Å². The fourth-order valence-corrected chi connectivity index (χ4v) is 4.58. The first-order valence-electron chi connectivity index (χ1n) is 10.3. The van der Waals surface area contributed by atoms with E-state index in [0.717, 1.165) is 32.7 Å². The number of hydrogen-bond donors (Lipinski definition) is 0. The number of carbonyl (C=O) groups excluding carboxylic acids is 2. The lowest BCUT2D eigenvalue weighted by atomic mass is 10.0. The molecule has 29 heavy (non-hydrogen) atoms. The van der Waals surface area contributed by atoms with Gasteiger partial charge in [-0.1, -0.05) is 54.6 Å². The van der Waals surface area contributed by atoms with Gasteiger partial charge in [-0.2, -0.15) is 0 Å². The predicted octanol–water partition coefficient (Wildman–Crippen LogP) is 3.20. The predicted molar refractivity (Wildman–Crippen MR) is 112 cm³/mol. The van der Waals surface area contributed by atoms with Gasteiger partial charge in [0.25, 0.3) is 0 Å². The van der Waals surface area contributed by atoms with Gasteiger partial charge in [0.15, 0.2) is 0 Å². The van der Waals surface area contributed by atoms with Crippen molar-refractivity contribution in [3.05, 3.63) is 60.2 Å². The van der Waals surface area contributed by atoms with E-state index in [2.05, 4.69) is 58.2 Å². The van der Waals surface area contributed by atoms with Crippen molar-refractivity contribution in [2.45, 2.75) is 19.4 Å². The molecule has 2 aromatic rings. The highest BCUT2D eigenvalue weighted by Gasteiger charge is 2.41. The average molecular weight is 392 g/mol. The van der Waals surface area contributed by atoms with Gasteiger partial charge in [0, 0.05) is 39.1 Å². The van der Waals surface area contributed by atoms with Crippen LogP contribution in [0.15, 0.2) is 54.6 Å². The Hall–Kier alpha value is -2.66. The lowest BCUT2D eigenvalue weighted by Gasteiger charge is -2.21. The number of carbonyl (C=O) groups is 2. The van der Waals surface area contributed by atoms with Crippen LogP contribution < -0.4 is 0 Å². The molecule has 0 aliphatic carbocycles. The van der Waals surface area contributed by atoms with Gasteiger partial charge >= 0.3 is 5.97 Å². The lowest BCUT2D eigenvalue weighted by Crippen LogP contribution is -2.33. The number of methoxy groups -OCH3 is 1. The summed E-state index contributed by atoms with van der Waals surface area (Å²) in [6, 6.07) is 19.3. The lowest BCUT2D eigenvalue weighted by molar-refractivity contribution is -0.143. The van der Waals surface area contributed by atoms with Crippen molar-refractivity contribution in [1.29, 1.82) is 0 Å². The number of rotatable bonds is 6. The third kappa shape index (κ3) is 4.67. The summed E-state index contributed by atoms with van der Waals surface area (Å²) < 4.78 is 4.62. The van der Waals surface area contributed by atoms with Crippen LogP contribution in [0.5, 0.6) is 0 Å². The summed E-state index contributed by atoms with van der Waals surface area (Å²) in [6.07, 6.45) is 0.426. The summed E-state index contributed by atoms with van der Waals surface area (Å²) in [5.41, 5.74) is 3.82. The van der Waals surface area contributed by atoms with E-state index in [-0.39, 0.29) is 24.7 Å². The van der Waals surface area contributed by atoms with Crippen molar-refractivity contribution in [1.82, 2.24) is 9.80 Å². The molecule has 4 rings (SSSR count). The molecule has 5 nitrogen and oxygen atoms in total. The van der Waals surface area contributed by atoms with Crippen molar-refractivity contribution in [3.63, 3.8) is 0 Å². The maximum atomic E-state index is 12.3. The molecule has 0 saturated carbocycles. The Morgan fingerprint density at radius 1 is 0.862 bits per heavy atom. The van der Waals surface area contributed by atoms with Crippen LogP contribution in [0.2, 0.25) is 0 Å². The highest BCUT2D eigenvalue weighted by Crippen LogP contribution is 2.32. The first kappa shape index (κ1) is 19.6. The monoisotopic (exact) mass is 392 g/mol. The zero-order valence-corrected chi connectivity index (χ0v) is 16.9. The summed E-state index contributed by atoms with van der Waals surface area (Å²) in [7, 11) is 1.36. The zero-order valence-electron chi connectivity index (χ0n) is 16.9. The molecule has 5 heteroatoms. The van der Waals surface area contributed by atoms with E-state index in [0.29, 0.717) is 11.8 Å². The van der Waals surface area contributed by atoms with E-state index >= 15 is 0 Å². The Kier molecular flexibility index (Phi) is 5.95. The van der Waals surface area contributed by atoms with E-state index in [1.54, 1.807) is 0 Å². The van der Waals surface area contributed by atoms with E-state index < -0.39 is 0 Å². The molecule has 1 amide bonds. The van der Waals surface area contributed by atoms with Crippen LogP contribution in [0.3, 0.4) is 0 Å². The van der Waals surface area contributed by atoms with E-state index in [9.17, 15) is 9.59 Å². The van der Waals surface area contributed by atoms with E-state index in [4.69, 9.17) is 0 Å². The van der Waals surface area contributed by atoms with Crippen molar-refractivity contribution in [3.8, 4) is 11.1 Å². The van der Waals surface area contributed by atoms with E-state index in [1.807, 2.05) is 11.0 Å². The van der Waals surface area contributed by atoms with Crippen LogP contribution >= 0.6 is 0 Å².